The van der Waals surface area contributed by atoms with E-state index in [0.717, 1.165) is 0 Å². The summed E-state index contributed by atoms with van der Waals surface area (Å²) < 4.78 is 11.0. The van der Waals surface area contributed by atoms with E-state index in [4.69, 9.17) is 9.47 Å². The largest absolute Gasteiger partial charge is 0.390 e. The molecule has 0 aromatic heterocycles. The van der Waals surface area contributed by atoms with Gasteiger partial charge in [-0.25, -0.2) is 0 Å². The van der Waals surface area contributed by atoms with Crippen molar-refractivity contribution in [2.24, 2.45) is 0 Å². The van der Waals surface area contributed by atoms with Crippen molar-refractivity contribution in [3.05, 3.63) is 25.3 Å². The average molecular weight is 240 g/mol. The SMILES string of the molecule is C=CC[C@H](O)[C@H]1O[C@@H]1[C@@H]1O[C@@]1(C)C[C@H](O)C=C. The molecule has 0 unspecified atom stereocenters. The van der Waals surface area contributed by atoms with Gasteiger partial charge in [-0.05, 0) is 13.3 Å². The molecule has 2 heterocycles. The monoisotopic (exact) mass is 240 g/mol. The molecule has 0 aromatic carbocycles. The number of hydrogen-bond donors (Lipinski definition) is 2. The number of aliphatic hydroxyl groups excluding tert-OH is 2. The van der Waals surface area contributed by atoms with E-state index in [2.05, 4.69) is 13.2 Å². The summed E-state index contributed by atoms with van der Waals surface area (Å²) in [6.45, 7) is 9.07. The van der Waals surface area contributed by atoms with E-state index >= 15 is 0 Å². The van der Waals surface area contributed by atoms with Crippen LogP contribution in [0.1, 0.15) is 19.8 Å². The summed E-state index contributed by atoms with van der Waals surface area (Å²) in [5.41, 5.74) is -0.346. The fourth-order valence-corrected chi connectivity index (χ4v) is 2.33. The third-order valence-corrected chi connectivity index (χ3v) is 3.47. The number of epoxide rings is 2. The first-order valence-electron chi connectivity index (χ1n) is 5.94. The van der Waals surface area contributed by atoms with Gasteiger partial charge in [-0.3, -0.25) is 0 Å². The Morgan fingerprint density at radius 1 is 1.41 bits per heavy atom. The third kappa shape index (κ3) is 2.60. The second-order valence-corrected chi connectivity index (χ2v) is 5.02. The summed E-state index contributed by atoms with van der Waals surface area (Å²) in [5.74, 6) is 0. The molecule has 17 heavy (non-hydrogen) atoms. The summed E-state index contributed by atoms with van der Waals surface area (Å²) in [7, 11) is 0. The van der Waals surface area contributed by atoms with Gasteiger partial charge in [0.15, 0.2) is 0 Å². The molecular weight excluding hydrogens is 220 g/mol. The smallest absolute Gasteiger partial charge is 0.116 e. The minimum Gasteiger partial charge on any atom is -0.390 e. The first-order chi connectivity index (χ1) is 8.01. The fraction of sp³-hybridized carbons (Fsp3) is 0.692. The van der Waals surface area contributed by atoms with Crippen LogP contribution in [0.15, 0.2) is 25.3 Å². The molecule has 4 nitrogen and oxygen atoms in total. The van der Waals surface area contributed by atoms with E-state index in [-0.39, 0.29) is 23.9 Å². The van der Waals surface area contributed by atoms with Gasteiger partial charge in [0, 0.05) is 6.42 Å². The highest BCUT2D eigenvalue weighted by atomic mass is 16.7. The predicted molar refractivity (Wildman–Crippen MR) is 63.6 cm³/mol. The highest BCUT2D eigenvalue weighted by molar-refractivity contribution is 5.13. The Kier molecular flexibility index (Phi) is 3.41. The maximum atomic E-state index is 9.72. The normalized spacial score (nSPS) is 42.6. The fourth-order valence-electron chi connectivity index (χ4n) is 2.33. The van der Waals surface area contributed by atoms with E-state index in [1.807, 2.05) is 6.92 Å². The first kappa shape index (κ1) is 12.8. The second kappa shape index (κ2) is 4.53. The molecular formula is C13H20O4. The van der Waals surface area contributed by atoms with Gasteiger partial charge >= 0.3 is 0 Å². The summed E-state index contributed by atoms with van der Waals surface area (Å²) in [5, 5.41) is 19.2. The van der Waals surface area contributed by atoms with Crippen LogP contribution >= 0.6 is 0 Å². The molecule has 6 atom stereocenters. The van der Waals surface area contributed by atoms with Gasteiger partial charge in [-0.2, -0.15) is 0 Å². The van der Waals surface area contributed by atoms with Crippen LogP contribution < -0.4 is 0 Å². The van der Waals surface area contributed by atoms with Crippen molar-refractivity contribution in [2.45, 2.75) is 55.9 Å². The van der Waals surface area contributed by atoms with E-state index in [0.29, 0.717) is 12.8 Å². The molecule has 4 heteroatoms. The Bertz CT molecular complexity index is 317. The van der Waals surface area contributed by atoms with Crippen molar-refractivity contribution in [3.8, 4) is 0 Å². The van der Waals surface area contributed by atoms with Crippen LogP contribution in [0.5, 0.6) is 0 Å². The van der Waals surface area contributed by atoms with Crippen LogP contribution in [0.3, 0.4) is 0 Å². The minimum absolute atomic E-state index is 0.0263. The third-order valence-electron chi connectivity index (χ3n) is 3.47. The summed E-state index contributed by atoms with van der Waals surface area (Å²) in [6, 6.07) is 0. The molecule has 2 rings (SSSR count). The van der Waals surface area contributed by atoms with E-state index in [1.54, 1.807) is 6.08 Å². The molecule has 0 radical (unpaired) electrons. The van der Waals surface area contributed by atoms with Crippen LogP contribution in [0.25, 0.3) is 0 Å². The lowest BCUT2D eigenvalue weighted by molar-refractivity contribution is 0.138. The molecule has 2 aliphatic rings. The predicted octanol–water partition coefficient (Wildman–Crippen LogP) is 0.785. The van der Waals surface area contributed by atoms with Crippen LogP contribution in [-0.2, 0) is 9.47 Å². The topological polar surface area (TPSA) is 65.5 Å². The van der Waals surface area contributed by atoms with Gasteiger partial charge in [-0.1, -0.05) is 12.2 Å². The highest BCUT2D eigenvalue weighted by Crippen LogP contribution is 2.50. The van der Waals surface area contributed by atoms with Crippen molar-refractivity contribution in [1.29, 1.82) is 0 Å². The Morgan fingerprint density at radius 3 is 2.71 bits per heavy atom. The Morgan fingerprint density at radius 2 is 2.12 bits per heavy atom. The van der Waals surface area contributed by atoms with Crippen molar-refractivity contribution >= 4 is 0 Å². The van der Waals surface area contributed by atoms with Gasteiger partial charge in [0.2, 0.25) is 0 Å². The summed E-state index contributed by atoms with van der Waals surface area (Å²) in [6.07, 6.45) is 2.94. The van der Waals surface area contributed by atoms with Crippen molar-refractivity contribution in [1.82, 2.24) is 0 Å². The average Bonchev–Trinajstić information content (AvgIpc) is 3.14. The van der Waals surface area contributed by atoms with E-state index in [9.17, 15) is 10.2 Å². The van der Waals surface area contributed by atoms with Gasteiger partial charge < -0.3 is 19.7 Å². The maximum absolute atomic E-state index is 9.72. The molecule has 0 aliphatic carbocycles. The molecule has 2 N–H and O–H groups in total. The lowest BCUT2D eigenvalue weighted by Crippen LogP contribution is -2.24. The zero-order valence-electron chi connectivity index (χ0n) is 10.1. The Balaban J connectivity index is 1.80. The molecule has 2 aliphatic heterocycles. The number of aliphatic hydroxyl groups is 2. The molecule has 0 amide bonds. The number of rotatable bonds is 7. The van der Waals surface area contributed by atoms with Gasteiger partial charge in [0.1, 0.15) is 18.3 Å². The van der Waals surface area contributed by atoms with Gasteiger partial charge in [0.25, 0.3) is 0 Å². The first-order valence-corrected chi connectivity index (χ1v) is 5.94. The van der Waals surface area contributed by atoms with Gasteiger partial charge in [-0.15, -0.1) is 13.2 Å². The van der Waals surface area contributed by atoms with Crippen LogP contribution in [0.4, 0.5) is 0 Å². The molecule has 0 spiro atoms. The summed E-state index contributed by atoms with van der Waals surface area (Å²) >= 11 is 0. The molecule has 2 saturated heterocycles. The lowest BCUT2D eigenvalue weighted by Gasteiger charge is -2.08. The van der Waals surface area contributed by atoms with Crippen molar-refractivity contribution in [2.75, 3.05) is 0 Å². The zero-order valence-corrected chi connectivity index (χ0v) is 10.1. The zero-order chi connectivity index (χ0) is 12.6. The molecule has 96 valence electrons. The van der Waals surface area contributed by atoms with Crippen LogP contribution in [0.2, 0.25) is 0 Å². The van der Waals surface area contributed by atoms with Gasteiger partial charge in [0.05, 0.1) is 17.8 Å². The molecule has 2 fully saturated rings. The Hall–Kier alpha value is -0.680. The summed E-state index contributed by atoms with van der Waals surface area (Å²) in [4.78, 5) is 0. The minimum atomic E-state index is -0.555. The van der Waals surface area contributed by atoms with E-state index in [1.165, 1.54) is 6.08 Å². The second-order valence-electron chi connectivity index (χ2n) is 5.02. The molecule has 0 bridgehead atoms. The highest BCUT2D eigenvalue weighted by Gasteiger charge is 2.65. The Labute approximate surface area is 102 Å². The maximum Gasteiger partial charge on any atom is 0.116 e. The van der Waals surface area contributed by atoms with Crippen molar-refractivity contribution in [3.63, 3.8) is 0 Å². The molecule has 0 saturated carbocycles. The van der Waals surface area contributed by atoms with Crippen molar-refractivity contribution < 1.29 is 19.7 Å². The number of ether oxygens (including phenoxy) is 2. The van der Waals surface area contributed by atoms with Crippen LogP contribution in [-0.4, -0.2) is 46.3 Å². The van der Waals surface area contributed by atoms with Crippen LogP contribution in [0, 0.1) is 0 Å². The van der Waals surface area contributed by atoms with E-state index < -0.39 is 12.2 Å². The molecule has 0 aromatic rings. The standard InChI is InChI=1S/C13H20O4/c1-4-6-9(15)10-11(16-10)12-13(3,17-12)7-8(14)5-2/h4-5,8-12,14-15H,1-2,6-7H2,3H3/t8-,9+,10-,11+,12+,13+/m1/s1. The number of hydrogen-bond acceptors (Lipinski definition) is 4. The quantitative estimate of drug-likeness (QED) is 0.510. The lowest BCUT2D eigenvalue weighted by atomic mass is 9.96.